The number of carboxylic acids is 2. The molecule has 2 aromatic heterocycles. The molecule has 0 spiro atoms. The lowest BCUT2D eigenvalue weighted by molar-refractivity contribution is -0.150. The number of pyridine rings is 2. The predicted octanol–water partition coefficient (Wildman–Crippen LogP) is 8.66. The minimum atomic E-state index is -0.805. The summed E-state index contributed by atoms with van der Waals surface area (Å²) in [7, 11) is 0. The van der Waals surface area contributed by atoms with E-state index in [9.17, 15) is 29.4 Å². The second kappa shape index (κ2) is 17.0. The zero-order valence-corrected chi connectivity index (χ0v) is 34.5. The van der Waals surface area contributed by atoms with Gasteiger partial charge in [-0.2, -0.15) is 0 Å². The Labute approximate surface area is 353 Å². The SMILES string of the molecule is CC1(C(=O)O)CCC(N2CCc3cc(C(=O)Nc4cccc(-c5cccc(NC(=O)c6cc(C7CC7)c(CN7CCCCC7C(=O)O)cn6)c5Cl)c4Cl)ncc3C2)CC1. The van der Waals surface area contributed by atoms with Gasteiger partial charge >= 0.3 is 11.9 Å². The summed E-state index contributed by atoms with van der Waals surface area (Å²) in [6, 6.07) is 14.0. The van der Waals surface area contributed by atoms with Crippen LogP contribution in [0.5, 0.6) is 0 Å². The van der Waals surface area contributed by atoms with Crippen molar-refractivity contribution in [2.24, 2.45) is 5.41 Å². The number of aromatic nitrogens is 2. The monoisotopic (exact) mass is 838 g/mol. The highest BCUT2D eigenvalue weighted by Crippen LogP contribution is 2.44. The molecule has 1 saturated heterocycles. The molecule has 12 nitrogen and oxygen atoms in total. The van der Waals surface area contributed by atoms with E-state index < -0.39 is 35.2 Å². The van der Waals surface area contributed by atoms with Crippen molar-refractivity contribution in [3.8, 4) is 11.1 Å². The maximum absolute atomic E-state index is 13.6. The van der Waals surface area contributed by atoms with Crippen LogP contribution in [0.2, 0.25) is 10.0 Å². The maximum Gasteiger partial charge on any atom is 0.320 e. The molecular formula is C45H48Cl2N6O6. The minimum Gasteiger partial charge on any atom is -0.481 e. The first-order chi connectivity index (χ1) is 28.4. The van der Waals surface area contributed by atoms with E-state index in [-0.39, 0.29) is 21.4 Å². The number of benzene rings is 2. The Morgan fingerprint density at radius 1 is 0.797 bits per heavy atom. The van der Waals surface area contributed by atoms with E-state index in [4.69, 9.17) is 23.2 Å². The number of carbonyl (C=O) groups excluding carboxylic acids is 2. The second-order valence-corrected chi connectivity index (χ2v) is 17.5. The third kappa shape index (κ3) is 8.73. The summed E-state index contributed by atoms with van der Waals surface area (Å²) >= 11 is 13.9. The molecule has 4 aromatic rings. The van der Waals surface area contributed by atoms with Gasteiger partial charge in [0.25, 0.3) is 11.8 Å². The molecule has 1 atom stereocenters. The largest absolute Gasteiger partial charge is 0.481 e. The first-order valence-electron chi connectivity index (χ1n) is 20.5. The number of anilines is 2. The lowest BCUT2D eigenvalue weighted by Gasteiger charge is -2.41. The highest BCUT2D eigenvalue weighted by atomic mass is 35.5. The molecule has 4 N–H and O–H groups in total. The summed E-state index contributed by atoms with van der Waals surface area (Å²) in [6.45, 7) is 4.58. The smallest absolute Gasteiger partial charge is 0.320 e. The number of piperidine rings is 1. The van der Waals surface area contributed by atoms with Crippen molar-refractivity contribution >= 4 is 58.3 Å². The molecule has 0 radical (unpaired) electrons. The van der Waals surface area contributed by atoms with E-state index in [0.717, 1.165) is 73.7 Å². The van der Waals surface area contributed by atoms with Gasteiger partial charge in [0.2, 0.25) is 0 Å². The predicted molar refractivity (Wildman–Crippen MR) is 226 cm³/mol. The van der Waals surface area contributed by atoms with Crippen molar-refractivity contribution in [3.05, 3.63) is 105 Å². The molecule has 2 saturated carbocycles. The number of carboxylic acid groups (broad SMARTS) is 2. The number of likely N-dealkylation sites (tertiary alicyclic amines) is 1. The molecule has 2 amide bonds. The van der Waals surface area contributed by atoms with Crippen LogP contribution < -0.4 is 10.6 Å². The molecule has 59 heavy (non-hydrogen) atoms. The lowest BCUT2D eigenvalue weighted by Crippen LogP contribution is -2.44. The molecule has 8 rings (SSSR count). The number of carbonyl (C=O) groups is 4. The number of rotatable bonds is 11. The summed E-state index contributed by atoms with van der Waals surface area (Å²) < 4.78 is 0. The minimum absolute atomic E-state index is 0.246. The molecule has 14 heteroatoms. The summed E-state index contributed by atoms with van der Waals surface area (Å²) in [4.78, 5) is 64.3. The first-order valence-corrected chi connectivity index (χ1v) is 21.2. The van der Waals surface area contributed by atoms with Crippen LogP contribution in [0.4, 0.5) is 11.4 Å². The van der Waals surface area contributed by atoms with Gasteiger partial charge in [-0.25, -0.2) is 0 Å². The number of amides is 2. The third-order valence-corrected chi connectivity index (χ3v) is 13.6. The van der Waals surface area contributed by atoms with E-state index in [2.05, 4.69) is 25.5 Å². The molecule has 1 unspecified atom stereocenters. The molecule has 308 valence electrons. The van der Waals surface area contributed by atoms with E-state index >= 15 is 0 Å². The fourth-order valence-corrected chi connectivity index (χ4v) is 9.52. The van der Waals surface area contributed by atoms with Gasteiger partial charge in [0.1, 0.15) is 17.4 Å². The van der Waals surface area contributed by atoms with Crippen molar-refractivity contribution in [2.75, 3.05) is 23.7 Å². The average molecular weight is 840 g/mol. The van der Waals surface area contributed by atoms with Gasteiger partial charge in [-0.15, -0.1) is 0 Å². The van der Waals surface area contributed by atoms with Crippen molar-refractivity contribution in [1.82, 2.24) is 19.8 Å². The van der Waals surface area contributed by atoms with Crippen molar-refractivity contribution in [1.29, 1.82) is 0 Å². The molecule has 2 aromatic carbocycles. The van der Waals surface area contributed by atoms with Crippen molar-refractivity contribution < 1.29 is 29.4 Å². The van der Waals surface area contributed by atoms with Crippen LogP contribution in [0.3, 0.4) is 0 Å². The van der Waals surface area contributed by atoms with Crippen LogP contribution in [-0.2, 0) is 29.1 Å². The quantitative estimate of drug-likeness (QED) is 0.115. The number of hydrogen-bond donors (Lipinski definition) is 4. The van der Waals surface area contributed by atoms with Gasteiger partial charge in [0.05, 0.1) is 26.8 Å². The third-order valence-electron chi connectivity index (χ3n) is 12.8. The van der Waals surface area contributed by atoms with Crippen LogP contribution in [0.1, 0.15) is 114 Å². The topological polar surface area (TPSA) is 165 Å². The van der Waals surface area contributed by atoms with Crippen molar-refractivity contribution in [3.63, 3.8) is 0 Å². The van der Waals surface area contributed by atoms with Gasteiger partial charge < -0.3 is 20.8 Å². The average Bonchev–Trinajstić information content (AvgIpc) is 4.08. The Bertz CT molecular complexity index is 2310. The van der Waals surface area contributed by atoms with Gasteiger partial charge in [-0.05, 0) is 124 Å². The Hall–Kier alpha value is -4.88. The molecule has 2 aliphatic carbocycles. The molecular weight excluding hydrogens is 791 g/mol. The second-order valence-electron chi connectivity index (χ2n) is 16.8. The summed E-state index contributed by atoms with van der Waals surface area (Å²) in [6.07, 6.45) is 11.8. The van der Waals surface area contributed by atoms with E-state index in [1.807, 2.05) is 24.0 Å². The lowest BCUT2D eigenvalue weighted by atomic mass is 9.73. The fraction of sp³-hybridized carbons (Fsp3) is 0.422. The van der Waals surface area contributed by atoms with Crippen LogP contribution in [0, 0.1) is 5.41 Å². The number of aliphatic carboxylic acids is 2. The van der Waals surface area contributed by atoms with Gasteiger partial charge in [0, 0.05) is 49.2 Å². The molecule has 4 heterocycles. The number of nitrogens with zero attached hydrogens (tertiary/aromatic N) is 4. The van der Waals surface area contributed by atoms with Gasteiger partial charge in [-0.1, -0.05) is 53.9 Å². The van der Waals surface area contributed by atoms with Crippen LogP contribution in [0.25, 0.3) is 11.1 Å². The molecule has 3 fully saturated rings. The Morgan fingerprint density at radius 2 is 1.42 bits per heavy atom. The molecule has 0 bridgehead atoms. The number of halogens is 2. The summed E-state index contributed by atoms with van der Waals surface area (Å²) in [5.41, 5.74) is 5.87. The fourth-order valence-electron chi connectivity index (χ4n) is 8.97. The summed E-state index contributed by atoms with van der Waals surface area (Å²) in [5, 5.41) is 25.8. The number of hydrogen-bond acceptors (Lipinski definition) is 8. The van der Waals surface area contributed by atoms with Gasteiger partial charge in [-0.3, -0.25) is 38.9 Å². The Balaban J connectivity index is 0.935. The maximum atomic E-state index is 13.6. The van der Waals surface area contributed by atoms with E-state index in [0.29, 0.717) is 73.4 Å². The summed E-state index contributed by atoms with van der Waals surface area (Å²) in [5.74, 6) is -2.03. The highest BCUT2D eigenvalue weighted by molar-refractivity contribution is 6.40. The Morgan fingerprint density at radius 3 is 2.03 bits per heavy atom. The highest BCUT2D eigenvalue weighted by Gasteiger charge is 2.39. The van der Waals surface area contributed by atoms with E-state index in [1.165, 1.54) is 0 Å². The molecule has 2 aliphatic heterocycles. The van der Waals surface area contributed by atoms with Crippen molar-refractivity contribution in [2.45, 2.75) is 102 Å². The Kier molecular flexibility index (Phi) is 11.8. The number of nitrogens with one attached hydrogen (secondary N) is 2. The van der Waals surface area contributed by atoms with E-state index in [1.54, 1.807) is 48.8 Å². The zero-order chi connectivity index (χ0) is 41.4. The zero-order valence-electron chi connectivity index (χ0n) is 33.0. The van der Waals surface area contributed by atoms with Crippen LogP contribution >= 0.6 is 23.2 Å². The standard InChI is InChI=1S/C45H48Cl2N6O6/c1-45(44(58)59)16-13-30(14-17-45)52-19-15-27-20-36(48-22-28(27)24-52)41(54)50-34-8-4-6-31(39(34)46)32-7-5-9-35(40(32)47)51-42(55)37-21-33(26-11-12-26)29(23-49-37)25-53-18-3-2-10-38(53)43(56)57/h4-9,20-23,26,30,38H,2-3,10-19,24-25H2,1H3,(H,50,54)(H,51,55)(H,56,57)(H,58,59). The first kappa shape index (κ1) is 40.9. The normalized spacial score (nSPS) is 22.3. The van der Waals surface area contributed by atoms with Gasteiger partial charge in [0.15, 0.2) is 0 Å². The molecule has 4 aliphatic rings. The van der Waals surface area contributed by atoms with Crippen LogP contribution in [-0.4, -0.2) is 78.9 Å². The van der Waals surface area contributed by atoms with Crippen LogP contribution in [0.15, 0.2) is 60.9 Å². The number of fused-ring (bicyclic) bond motifs is 1.